The van der Waals surface area contributed by atoms with Crippen molar-refractivity contribution in [3.05, 3.63) is 53.2 Å². The summed E-state index contributed by atoms with van der Waals surface area (Å²) in [6.45, 7) is 0. The Morgan fingerprint density at radius 1 is 1.30 bits per heavy atom. The van der Waals surface area contributed by atoms with Crippen molar-refractivity contribution in [2.75, 3.05) is 24.3 Å². The molecule has 5 nitrogen and oxygen atoms in total. The third-order valence-electron chi connectivity index (χ3n) is 3.72. The number of amides is 1. The van der Waals surface area contributed by atoms with Crippen molar-refractivity contribution in [3.8, 4) is 10.8 Å². The summed E-state index contributed by atoms with van der Waals surface area (Å²) >= 11 is 1.30. The van der Waals surface area contributed by atoms with Crippen LogP contribution in [-0.2, 0) is 17.4 Å². The normalized spacial score (nSPS) is 11.4. The first-order valence-corrected chi connectivity index (χ1v) is 8.78. The molecule has 9 heteroatoms. The largest absolute Gasteiger partial charge is 0.462 e. The summed E-state index contributed by atoms with van der Waals surface area (Å²) in [4.78, 5) is 18.1. The van der Waals surface area contributed by atoms with Crippen LogP contribution in [0.2, 0.25) is 0 Å². The van der Waals surface area contributed by atoms with E-state index in [1.807, 2.05) is 0 Å². The number of anilines is 2. The number of hydrogen-bond acceptors (Lipinski definition) is 5. The highest BCUT2D eigenvalue weighted by atomic mass is 32.1. The fourth-order valence-corrected chi connectivity index (χ4v) is 3.20. The highest BCUT2D eigenvalue weighted by Gasteiger charge is 2.34. The molecule has 0 saturated heterocycles. The zero-order valence-electron chi connectivity index (χ0n) is 14.5. The lowest BCUT2D eigenvalue weighted by Crippen LogP contribution is -2.19. The first kappa shape index (κ1) is 19.0. The van der Waals surface area contributed by atoms with Crippen LogP contribution in [0.1, 0.15) is 11.3 Å². The van der Waals surface area contributed by atoms with Gasteiger partial charge >= 0.3 is 6.18 Å². The van der Waals surface area contributed by atoms with E-state index in [0.29, 0.717) is 22.1 Å². The molecule has 0 aliphatic heterocycles. The summed E-state index contributed by atoms with van der Waals surface area (Å²) in [7, 11) is 3.29. The van der Waals surface area contributed by atoms with Crippen molar-refractivity contribution in [3.63, 3.8) is 0 Å². The molecular formula is C18H16F3N3O2S. The molecule has 27 heavy (non-hydrogen) atoms. The molecule has 142 valence electrons. The highest BCUT2D eigenvalue weighted by molar-refractivity contribution is 7.13. The van der Waals surface area contributed by atoms with Crippen molar-refractivity contribution in [1.82, 2.24) is 4.98 Å². The average molecular weight is 395 g/mol. The lowest BCUT2D eigenvalue weighted by Gasteiger charge is -2.18. The topological polar surface area (TPSA) is 58.4 Å². The van der Waals surface area contributed by atoms with Gasteiger partial charge < -0.3 is 14.6 Å². The minimum absolute atomic E-state index is 0.135. The number of aromatic nitrogens is 1. The predicted octanol–water partition coefficient (Wildman–Crippen LogP) is 4.67. The number of carbonyl (C=O) groups excluding carboxylic acids is 1. The number of benzene rings is 1. The Kier molecular flexibility index (Phi) is 5.22. The smallest absolute Gasteiger partial charge is 0.418 e. The number of furan rings is 1. The molecule has 3 rings (SSSR count). The molecule has 1 amide bonds. The van der Waals surface area contributed by atoms with Gasteiger partial charge in [-0.3, -0.25) is 4.79 Å². The van der Waals surface area contributed by atoms with Crippen molar-refractivity contribution < 1.29 is 22.4 Å². The van der Waals surface area contributed by atoms with Crippen LogP contribution in [0.15, 0.2) is 46.4 Å². The lowest BCUT2D eigenvalue weighted by atomic mass is 10.1. The average Bonchev–Trinajstić information content (AvgIpc) is 3.25. The van der Waals surface area contributed by atoms with E-state index in [1.54, 1.807) is 36.5 Å². The van der Waals surface area contributed by atoms with Crippen LogP contribution in [0.3, 0.4) is 0 Å². The van der Waals surface area contributed by atoms with Crippen LogP contribution < -0.4 is 10.2 Å². The summed E-state index contributed by atoms with van der Waals surface area (Å²) in [5.74, 6) is -0.000289. The number of rotatable bonds is 5. The van der Waals surface area contributed by atoms with Gasteiger partial charge in [0.25, 0.3) is 0 Å². The van der Waals surface area contributed by atoms with Gasteiger partial charge in [-0.25, -0.2) is 4.98 Å². The van der Waals surface area contributed by atoms with Crippen molar-refractivity contribution >= 4 is 28.6 Å². The zero-order valence-corrected chi connectivity index (χ0v) is 15.3. The summed E-state index contributed by atoms with van der Waals surface area (Å²) in [6, 6.07) is 7.24. The molecular weight excluding hydrogens is 379 g/mol. The molecule has 0 fully saturated rings. The third-order valence-corrected chi connectivity index (χ3v) is 4.63. The number of carbonyl (C=O) groups is 1. The van der Waals surface area contributed by atoms with E-state index < -0.39 is 17.6 Å². The quantitative estimate of drug-likeness (QED) is 0.682. The Morgan fingerprint density at radius 3 is 2.70 bits per heavy atom. The lowest BCUT2D eigenvalue weighted by molar-refractivity contribution is -0.136. The van der Waals surface area contributed by atoms with Crippen molar-refractivity contribution in [2.45, 2.75) is 12.6 Å². The van der Waals surface area contributed by atoms with Crippen LogP contribution in [-0.4, -0.2) is 25.0 Å². The van der Waals surface area contributed by atoms with Gasteiger partial charge in [0.1, 0.15) is 0 Å². The summed E-state index contributed by atoms with van der Waals surface area (Å²) in [6.07, 6.45) is -3.20. The molecule has 0 unspecified atom stereocenters. The van der Waals surface area contributed by atoms with E-state index in [0.717, 1.165) is 6.07 Å². The van der Waals surface area contributed by atoms with Gasteiger partial charge in [0.05, 0.1) is 29.6 Å². The van der Waals surface area contributed by atoms with Crippen LogP contribution in [0.25, 0.3) is 10.8 Å². The minimum atomic E-state index is -4.58. The number of alkyl halides is 3. The minimum Gasteiger partial charge on any atom is -0.462 e. The molecule has 0 aliphatic rings. The highest BCUT2D eigenvalue weighted by Crippen LogP contribution is 2.37. The summed E-state index contributed by atoms with van der Waals surface area (Å²) < 4.78 is 45.3. The van der Waals surface area contributed by atoms with Gasteiger partial charge in [-0.05, 0) is 30.3 Å². The van der Waals surface area contributed by atoms with E-state index in [-0.39, 0.29) is 12.1 Å². The monoisotopic (exact) mass is 395 g/mol. The molecule has 2 heterocycles. The van der Waals surface area contributed by atoms with E-state index in [4.69, 9.17) is 4.42 Å². The van der Waals surface area contributed by atoms with Crippen LogP contribution in [0.5, 0.6) is 0 Å². The van der Waals surface area contributed by atoms with Gasteiger partial charge in [0.15, 0.2) is 10.8 Å². The predicted molar refractivity (Wildman–Crippen MR) is 97.9 cm³/mol. The van der Waals surface area contributed by atoms with E-state index in [9.17, 15) is 18.0 Å². The van der Waals surface area contributed by atoms with Crippen molar-refractivity contribution in [1.29, 1.82) is 0 Å². The molecule has 0 saturated carbocycles. The van der Waals surface area contributed by atoms with Crippen LogP contribution >= 0.6 is 11.3 Å². The van der Waals surface area contributed by atoms with E-state index in [2.05, 4.69) is 10.3 Å². The second-order valence-electron chi connectivity index (χ2n) is 5.97. The second kappa shape index (κ2) is 7.43. The van der Waals surface area contributed by atoms with Gasteiger partial charge in [-0.1, -0.05) is 0 Å². The number of nitrogens with zero attached hydrogens (tertiary/aromatic N) is 2. The third kappa shape index (κ3) is 4.48. The van der Waals surface area contributed by atoms with Crippen LogP contribution in [0, 0.1) is 0 Å². The molecule has 0 radical (unpaired) electrons. The molecule has 1 aromatic carbocycles. The fraction of sp³-hybridized carbons (Fsp3) is 0.222. The molecule has 1 N–H and O–H groups in total. The molecule has 0 atom stereocenters. The number of thiazole rings is 1. The summed E-state index contributed by atoms with van der Waals surface area (Å²) in [5.41, 5.74) is -0.318. The molecule has 0 spiro atoms. The Bertz CT molecular complexity index is 934. The fourth-order valence-electron chi connectivity index (χ4n) is 2.41. The maximum Gasteiger partial charge on any atom is 0.418 e. The number of halogens is 3. The molecule has 3 aromatic rings. The molecule has 0 bridgehead atoms. The maximum absolute atomic E-state index is 13.3. The standard InChI is InChI=1S/C18H16F3N3O2S/c1-24(2)12-5-6-14(13(9-12)18(19,20)21)23-16(25)8-11-10-27-17(22-11)15-4-3-7-26-15/h3-7,9-10H,8H2,1-2H3,(H,23,25). The van der Waals surface area contributed by atoms with Crippen LogP contribution in [0.4, 0.5) is 24.5 Å². The van der Waals surface area contributed by atoms with Gasteiger partial charge in [-0.2, -0.15) is 13.2 Å². The first-order valence-electron chi connectivity index (χ1n) is 7.91. The Hall–Kier alpha value is -2.81. The maximum atomic E-state index is 13.3. The SMILES string of the molecule is CN(C)c1ccc(NC(=O)Cc2csc(-c3ccco3)n2)c(C(F)(F)F)c1. The van der Waals surface area contributed by atoms with Gasteiger partial charge in [0.2, 0.25) is 5.91 Å². The first-order chi connectivity index (χ1) is 12.7. The van der Waals surface area contributed by atoms with Gasteiger partial charge in [-0.15, -0.1) is 11.3 Å². The number of hydrogen-bond donors (Lipinski definition) is 1. The van der Waals surface area contributed by atoms with Gasteiger partial charge in [0, 0.05) is 25.2 Å². The Labute approximate surface area is 157 Å². The number of nitrogens with one attached hydrogen (secondary N) is 1. The zero-order chi connectivity index (χ0) is 19.6. The van der Waals surface area contributed by atoms with Crippen molar-refractivity contribution in [2.24, 2.45) is 0 Å². The second-order valence-corrected chi connectivity index (χ2v) is 6.83. The molecule has 2 aromatic heterocycles. The Morgan fingerprint density at radius 2 is 2.07 bits per heavy atom. The Balaban J connectivity index is 1.76. The molecule has 0 aliphatic carbocycles. The van der Waals surface area contributed by atoms with E-state index >= 15 is 0 Å². The van der Waals surface area contributed by atoms with E-state index in [1.165, 1.54) is 29.7 Å². The summed E-state index contributed by atoms with van der Waals surface area (Å²) in [5, 5.41) is 4.62.